The van der Waals surface area contributed by atoms with Gasteiger partial charge in [-0.1, -0.05) is 28.1 Å². The molecule has 0 spiro atoms. The van der Waals surface area contributed by atoms with Crippen LogP contribution in [0.3, 0.4) is 0 Å². The van der Waals surface area contributed by atoms with Crippen molar-refractivity contribution in [3.8, 4) is 0 Å². The summed E-state index contributed by atoms with van der Waals surface area (Å²) in [4.78, 5) is 2.80. The Balaban J connectivity index is 2.22. The van der Waals surface area contributed by atoms with Crippen molar-refractivity contribution in [2.24, 2.45) is 0 Å². The van der Waals surface area contributed by atoms with Gasteiger partial charge >= 0.3 is 0 Å². The second-order valence-electron chi connectivity index (χ2n) is 4.54. The molecule has 1 heterocycles. The van der Waals surface area contributed by atoms with E-state index in [0.717, 1.165) is 10.9 Å². The molecule has 2 rings (SSSR count). The van der Waals surface area contributed by atoms with Gasteiger partial charge in [0, 0.05) is 20.3 Å². The minimum Gasteiger partial charge on any atom is -0.313 e. The first-order valence-corrected chi connectivity index (χ1v) is 7.69. The van der Waals surface area contributed by atoms with Crippen molar-refractivity contribution in [2.45, 2.75) is 26.3 Å². The van der Waals surface area contributed by atoms with Crippen LogP contribution in [0.4, 0.5) is 0 Å². The summed E-state index contributed by atoms with van der Waals surface area (Å²) in [6.45, 7) is 4.38. The maximum Gasteiger partial charge on any atom is 0.0369 e. The first-order chi connectivity index (χ1) is 8.60. The number of rotatable bonds is 4. The van der Waals surface area contributed by atoms with E-state index in [4.69, 9.17) is 0 Å². The Morgan fingerprint density at radius 3 is 2.61 bits per heavy atom. The van der Waals surface area contributed by atoms with Gasteiger partial charge in [0.2, 0.25) is 0 Å². The molecule has 0 aliphatic carbocycles. The molecule has 0 saturated heterocycles. The zero-order chi connectivity index (χ0) is 13.1. The smallest absolute Gasteiger partial charge is 0.0369 e. The van der Waals surface area contributed by atoms with Crippen molar-refractivity contribution < 1.29 is 0 Å². The van der Waals surface area contributed by atoms with Crippen LogP contribution < -0.4 is 5.32 Å². The van der Waals surface area contributed by atoms with E-state index in [2.05, 4.69) is 65.4 Å². The van der Waals surface area contributed by atoms with E-state index in [-0.39, 0.29) is 0 Å². The van der Waals surface area contributed by atoms with Crippen molar-refractivity contribution in [3.63, 3.8) is 0 Å². The minimum atomic E-state index is 0.393. The Labute approximate surface area is 121 Å². The van der Waals surface area contributed by atoms with Gasteiger partial charge in [-0.3, -0.25) is 0 Å². The number of halogens is 1. The lowest BCUT2D eigenvalue weighted by Gasteiger charge is -2.16. The van der Waals surface area contributed by atoms with Crippen molar-refractivity contribution >= 4 is 27.3 Å². The van der Waals surface area contributed by atoms with Gasteiger partial charge in [-0.2, -0.15) is 0 Å². The summed E-state index contributed by atoms with van der Waals surface area (Å²) in [6, 6.07) is 11.2. The molecule has 1 aromatic carbocycles. The molecule has 0 saturated carbocycles. The van der Waals surface area contributed by atoms with E-state index < -0.39 is 0 Å². The number of hydrogen-bond acceptors (Lipinski definition) is 2. The molecule has 3 heteroatoms. The predicted octanol–water partition coefficient (Wildman–Crippen LogP) is 4.63. The summed E-state index contributed by atoms with van der Waals surface area (Å²) < 4.78 is 1.15. The Kier molecular flexibility index (Phi) is 4.60. The van der Waals surface area contributed by atoms with Crippen LogP contribution >= 0.6 is 27.3 Å². The number of thiophene rings is 1. The zero-order valence-electron chi connectivity index (χ0n) is 11.0. The van der Waals surface area contributed by atoms with E-state index >= 15 is 0 Å². The van der Waals surface area contributed by atoms with E-state index in [1.165, 1.54) is 20.9 Å². The molecule has 1 unspecified atom stereocenters. The second kappa shape index (κ2) is 6.00. The van der Waals surface area contributed by atoms with Gasteiger partial charge in [0.1, 0.15) is 0 Å². The molecular weight excluding hydrogens is 306 g/mol. The van der Waals surface area contributed by atoms with Crippen LogP contribution in [-0.2, 0) is 6.42 Å². The van der Waals surface area contributed by atoms with Crippen LogP contribution in [0.15, 0.2) is 34.8 Å². The molecule has 0 fully saturated rings. The molecule has 0 bridgehead atoms. The average molecular weight is 324 g/mol. The molecule has 1 nitrogen and oxygen atoms in total. The number of hydrogen-bond donors (Lipinski definition) is 1. The molecule has 1 aromatic heterocycles. The quantitative estimate of drug-likeness (QED) is 0.864. The second-order valence-corrected chi connectivity index (χ2v) is 6.92. The topological polar surface area (TPSA) is 12.0 Å². The third kappa shape index (κ3) is 3.22. The Hall–Kier alpha value is -0.640. The maximum absolute atomic E-state index is 3.53. The van der Waals surface area contributed by atoms with Gasteiger partial charge in [-0.05, 0) is 56.6 Å². The lowest BCUT2D eigenvalue weighted by Crippen LogP contribution is -2.19. The fourth-order valence-electron chi connectivity index (χ4n) is 2.26. The Morgan fingerprint density at radius 1 is 1.28 bits per heavy atom. The highest BCUT2D eigenvalue weighted by atomic mass is 79.9. The van der Waals surface area contributed by atoms with Gasteiger partial charge in [-0.25, -0.2) is 0 Å². The standard InChI is InChI=1S/C15H18BrNS/c1-10-7-14(11(2)18-10)15(17-3)9-12-5-4-6-13(16)8-12/h4-8,15,17H,9H2,1-3H3. The van der Waals surface area contributed by atoms with E-state index in [1.54, 1.807) is 0 Å². The Morgan fingerprint density at radius 2 is 2.06 bits per heavy atom. The molecule has 2 aromatic rings. The molecule has 1 atom stereocenters. The Bertz CT molecular complexity index is 533. The van der Waals surface area contributed by atoms with Crippen molar-refractivity contribution in [2.75, 3.05) is 7.05 Å². The molecule has 96 valence electrons. The van der Waals surface area contributed by atoms with E-state index in [1.807, 2.05) is 18.4 Å². The summed E-state index contributed by atoms with van der Waals surface area (Å²) in [7, 11) is 2.04. The van der Waals surface area contributed by atoms with Crippen LogP contribution in [0.1, 0.15) is 26.9 Å². The van der Waals surface area contributed by atoms with Crippen LogP contribution in [0.5, 0.6) is 0 Å². The molecule has 0 radical (unpaired) electrons. The summed E-state index contributed by atoms with van der Waals surface area (Å²) in [6.07, 6.45) is 1.02. The molecule has 0 aliphatic heterocycles. The molecule has 0 amide bonds. The van der Waals surface area contributed by atoms with Crippen LogP contribution in [0, 0.1) is 13.8 Å². The lowest BCUT2D eigenvalue weighted by molar-refractivity contribution is 0.591. The first-order valence-electron chi connectivity index (χ1n) is 6.09. The van der Waals surface area contributed by atoms with Crippen molar-refractivity contribution in [3.05, 3.63) is 55.7 Å². The lowest BCUT2D eigenvalue weighted by atomic mass is 9.99. The molecule has 1 N–H and O–H groups in total. The summed E-state index contributed by atoms with van der Waals surface area (Å²) >= 11 is 5.41. The fraction of sp³-hybridized carbons (Fsp3) is 0.333. The monoisotopic (exact) mass is 323 g/mol. The van der Waals surface area contributed by atoms with Crippen molar-refractivity contribution in [1.82, 2.24) is 5.32 Å². The van der Waals surface area contributed by atoms with Gasteiger partial charge in [-0.15, -0.1) is 11.3 Å². The fourth-order valence-corrected chi connectivity index (χ4v) is 3.70. The maximum atomic E-state index is 3.53. The zero-order valence-corrected chi connectivity index (χ0v) is 13.4. The van der Waals surface area contributed by atoms with Crippen LogP contribution in [-0.4, -0.2) is 7.05 Å². The third-order valence-electron chi connectivity index (χ3n) is 3.13. The van der Waals surface area contributed by atoms with Gasteiger partial charge < -0.3 is 5.32 Å². The van der Waals surface area contributed by atoms with E-state index in [0.29, 0.717) is 6.04 Å². The predicted molar refractivity (Wildman–Crippen MR) is 83.4 cm³/mol. The number of aryl methyl sites for hydroxylation is 2. The van der Waals surface area contributed by atoms with Gasteiger partial charge in [0.15, 0.2) is 0 Å². The third-order valence-corrected chi connectivity index (χ3v) is 4.61. The molecule has 0 aliphatic rings. The average Bonchev–Trinajstić information content (AvgIpc) is 2.65. The minimum absolute atomic E-state index is 0.393. The largest absolute Gasteiger partial charge is 0.313 e. The molecule has 18 heavy (non-hydrogen) atoms. The van der Waals surface area contributed by atoms with Gasteiger partial charge in [0.05, 0.1) is 0 Å². The van der Waals surface area contributed by atoms with Crippen molar-refractivity contribution in [1.29, 1.82) is 0 Å². The SMILES string of the molecule is CNC(Cc1cccc(Br)c1)c1cc(C)sc1C. The highest BCUT2D eigenvalue weighted by molar-refractivity contribution is 9.10. The number of benzene rings is 1. The summed E-state index contributed by atoms with van der Waals surface area (Å²) in [5.74, 6) is 0. The van der Waals surface area contributed by atoms with Crippen LogP contribution in [0.2, 0.25) is 0 Å². The van der Waals surface area contributed by atoms with E-state index in [9.17, 15) is 0 Å². The number of likely N-dealkylation sites (N-methyl/N-ethyl adjacent to an activating group) is 1. The summed E-state index contributed by atoms with van der Waals surface area (Å²) in [5, 5.41) is 3.43. The first kappa shape index (κ1) is 13.8. The normalized spacial score (nSPS) is 12.7. The summed E-state index contributed by atoms with van der Waals surface area (Å²) in [5.41, 5.74) is 2.78. The highest BCUT2D eigenvalue weighted by Gasteiger charge is 2.14. The highest BCUT2D eigenvalue weighted by Crippen LogP contribution is 2.28. The van der Waals surface area contributed by atoms with Gasteiger partial charge in [0.25, 0.3) is 0 Å². The molecular formula is C15H18BrNS. The number of nitrogens with one attached hydrogen (secondary N) is 1. The van der Waals surface area contributed by atoms with Crippen LogP contribution in [0.25, 0.3) is 0 Å².